The summed E-state index contributed by atoms with van der Waals surface area (Å²) in [6.45, 7) is 3.78. The Balaban J connectivity index is 2.36. The summed E-state index contributed by atoms with van der Waals surface area (Å²) in [5, 5.41) is 3.11. The molecule has 0 atom stereocenters. The zero-order chi connectivity index (χ0) is 14.7. The van der Waals surface area contributed by atoms with E-state index in [1.54, 1.807) is 12.1 Å². The first-order valence-electron chi connectivity index (χ1n) is 6.28. The molecule has 2 aromatic rings. The normalized spacial score (nSPS) is 10.4. The molecular weight excluding hydrogens is 259 g/mol. The van der Waals surface area contributed by atoms with Crippen LogP contribution in [0.25, 0.3) is 0 Å². The molecule has 1 heterocycles. The Kier molecular flexibility index (Phi) is 4.02. The molecule has 0 aliphatic heterocycles. The van der Waals surface area contributed by atoms with Crippen molar-refractivity contribution in [3.63, 3.8) is 0 Å². The lowest BCUT2D eigenvalue weighted by atomic mass is 10.2. The van der Waals surface area contributed by atoms with Crippen molar-refractivity contribution in [3.8, 4) is 5.75 Å². The van der Waals surface area contributed by atoms with E-state index in [0.717, 1.165) is 5.56 Å². The summed E-state index contributed by atoms with van der Waals surface area (Å²) < 4.78 is 18.3. The lowest BCUT2D eigenvalue weighted by Crippen LogP contribution is -2.06. The summed E-state index contributed by atoms with van der Waals surface area (Å²) in [6.07, 6.45) is 0.686. The standard InChI is InChI=1S/C14H17FN4O/c1-4-12-18-13(16)8(2)14(19-12)17-9-5-6-10(15)11(7-9)20-3/h5-7H,4H2,1-3H3,(H3,16,17,18,19). The maximum atomic E-state index is 13.4. The fourth-order valence-electron chi connectivity index (χ4n) is 1.74. The molecule has 1 aromatic heterocycles. The Bertz CT molecular complexity index is 631. The molecule has 0 aliphatic carbocycles. The summed E-state index contributed by atoms with van der Waals surface area (Å²) in [7, 11) is 1.42. The largest absolute Gasteiger partial charge is 0.494 e. The number of nitrogen functional groups attached to an aromatic ring is 1. The van der Waals surface area contributed by atoms with Gasteiger partial charge in [-0.15, -0.1) is 0 Å². The molecule has 0 bridgehead atoms. The van der Waals surface area contributed by atoms with E-state index < -0.39 is 5.82 Å². The van der Waals surface area contributed by atoms with Crippen molar-refractivity contribution in [1.82, 2.24) is 9.97 Å². The molecule has 20 heavy (non-hydrogen) atoms. The fourth-order valence-corrected chi connectivity index (χ4v) is 1.74. The fraction of sp³-hybridized carbons (Fsp3) is 0.286. The molecule has 6 heteroatoms. The predicted octanol–water partition coefficient (Wildman–Crippen LogP) is 2.82. The first-order valence-corrected chi connectivity index (χ1v) is 6.28. The first-order chi connectivity index (χ1) is 9.55. The number of rotatable bonds is 4. The van der Waals surface area contributed by atoms with Gasteiger partial charge >= 0.3 is 0 Å². The lowest BCUT2D eigenvalue weighted by molar-refractivity contribution is 0.387. The van der Waals surface area contributed by atoms with Gasteiger partial charge in [-0.1, -0.05) is 6.92 Å². The van der Waals surface area contributed by atoms with Gasteiger partial charge in [-0.2, -0.15) is 0 Å². The summed E-state index contributed by atoms with van der Waals surface area (Å²) >= 11 is 0. The molecule has 0 fully saturated rings. The topological polar surface area (TPSA) is 73.1 Å². The minimum absolute atomic E-state index is 0.172. The number of benzene rings is 1. The van der Waals surface area contributed by atoms with Crippen LogP contribution in [-0.2, 0) is 6.42 Å². The van der Waals surface area contributed by atoms with Gasteiger partial charge in [0.25, 0.3) is 0 Å². The zero-order valence-electron chi connectivity index (χ0n) is 11.7. The molecule has 2 rings (SSSR count). The summed E-state index contributed by atoms with van der Waals surface area (Å²) in [5.41, 5.74) is 7.28. The highest BCUT2D eigenvalue weighted by Crippen LogP contribution is 2.26. The third-order valence-corrected chi connectivity index (χ3v) is 2.96. The first kappa shape index (κ1) is 14.0. The molecule has 1 aromatic carbocycles. The van der Waals surface area contributed by atoms with Gasteiger partial charge in [0.2, 0.25) is 0 Å². The average Bonchev–Trinajstić information content (AvgIpc) is 2.45. The lowest BCUT2D eigenvalue weighted by Gasteiger charge is -2.12. The number of ether oxygens (including phenoxy) is 1. The van der Waals surface area contributed by atoms with Gasteiger partial charge in [-0.3, -0.25) is 0 Å². The maximum absolute atomic E-state index is 13.4. The molecule has 0 radical (unpaired) electrons. The highest BCUT2D eigenvalue weighted by Gasteiger charge is 2.10. The van der Waals surface area contributed by atoms with Crippen LogP contribution in [0, 0.1) is 12.7 Å². The Morgan fingerprint density at radius 2 is 2.10 bits per heavy atom. The molecule has 106 valence electrons. The Morgan fingerprint density at radius 3 is 2.75 bits per heavy atom. The van der Waals surface area contributed by atoms with Gasteiger partial charge in [0, 0.05) is 23.7 Å². The van der Waals surface area contributed by atoms with Crippen molar-refractivity contribution in [1.29, 1.82) is 0 Å². The van der Waals surface area contributed by atoms with Crippen molar-refractivity contribution in [3.05, 3.63) is 35.4 Å². The number of hydrogen-bond acceptors (Lipinski definition) is 5. The van der Waals surface area contributed by atoms with E-state index in [1.807, 2.05) is 13.8 Å². The predicted molar refractivity (Wildman–Crippen MR) is 76.8 cm³/mol. The number of aromatic nitrogens is 2. The molecule has 0 saturated heterocycles. The molecule has 0 spiro atoms. The van der Waals surface area contributed by atoms with Crippen molar-refractivity contribution >= 4 is 17.3 Å². The van der Waals surface area contributed by atoms with Gasteiger partial charge in [0.05, 0.1) is 7.11 Å². The summed E-state index contributed by atoms with van der Waals surface area (Å²) in [6, 6.07) is 4.52. The van der Waals surface area contributed by atoms with Crippen LogP contribution in [-0.4, -0.2) is 17.1 Å². The van der Waals surface area contributed by atoms with E-state index in [-0.39, 0.29) is 5.75 Å². The van der Waals surface area contributed by atoms with Crippen LogP contribution in [0.1, 0.15) is 18.3 Å². The summed E-state index contributed by atoms with van der Waals surface area (Å²) in [4.78, 5) is 8.57. The highest BCUT2D eigenvalue weighted by molar-refractivity contribution is 5.64. The van der Waals surface area contributed by atoms with E-state index in [9.17, 15) is 4.39 Å². The number of anilines is 3. The number of nitrogens with two attached hydrogens (primary N) is 1. The zero-order valence-corrected chi connectivity index (χ0v) is 11.7. The van der Waals surface area contributed by atoms with Crippen molar-refractivity contribution in [2.24, 2.45) is 0 Å². The maximum Gasteiger partial charge on any atom is 0.165 e. The van der Waals surface area contributed by atoms with E-state index in [2.05, 4.69) is 15.3 Å². The summed E-state index contributed by atoms with van der Waals surface area (Å²) in [5.74, 6) is 1.47. The molecule has 0 amide bonds. The average molecular weight is 276 g/mol. The van der Waals surface area contributed by atoms with Gasteiger partial charge in [0.15, 0.2) is 11.6 Å². The number of nitrogens with one attached hydrogen (secondary N) is 1. The van der Waals surface area contributed by atoms with E-state index in [4.69, 9.17) is 10.5 Å². The second-order valence-electron chi connectivity index (χ2n) is 4.33. The van der Waals surface area contributed by atoms with Gasteiger partial charge < -0.3 is 15.8 Å². The molecule has 0 unspecified atom stereocenters. The van der Waals surface area contributed by atoms with Crippen molar-refractivity contribution in [2.75, 3.05) is 18.2 Å². The number of halogens is 1. The van der Waals surface area contributed by atoms with Gasteiger partial charge in [-0.05, 0) is 19.1 Å². The van der Waals surface area contributed by atoms with Gasteiger partial charge in [0.1, 0.15) is 17.5 Å². The Labute approximate surface area is 117 Å². The second kappa shape index (κ2) is 5.73. The molecule has 5 nitrogen and oxygen atoms in total. The minimum atomic E-state index is -0.411. The van der Waals surface area contributed by atoms with Crippen LogP contribution in [0.5, 0.6) is 5.75 Å². The van der Waals surface area contributed by atoms with Crippen LogP contribution in [0.15, 0.2) is 18.2 Å². The van der Waals surface area contributed by atoms with Crippen molar-refractivity contribution < 1.29 is 9.13 Å². The van der Waals surface area contributed by atoms with E-state index >= 15 is 0 Å². The Morgan fingerprint density at radius 1 is 1.35 bits per heavy atom. The van der Waals surface area contributed by atoms with Crippen LogP contribution in [0.2, 0.25) is 0 Å². The van der Waals surface area contributed by atoms with Crippen LogP contribution in [0.4, 0.5) is 21.7 Å². The minimum Gasteiger partial charge on any atom is -0.494 e. The third-order valence-electron chi connectivity index (χ3n) is 2.96. The SMILES string of the molecule is CCc1nc(N)c(C)c(Nc2ccc(F)c(OC)c2)n1. The molecule has 3 N–H and O–H groups in total. The number of aryl methyl sites for hydroxylation is 1. The van der Waals surface area contributed by atoms with Crippen LogP contribution in [0.3, 0.4) is 0 Å². The van der Waals surface area contributed by atoms with Gasteiger partial charge in [-0.25, -0.2) is 14.4 Å². The third kappa shape index (κ3) is 2.79. The number of nitrogens with zero attached hydrogens (tertiary/aromatic N) is 2. The molecular formula is C14H17FN4O. The van der Waals surface area contributed by atoms with Crippen LogP contribution < -0.4 is 15.8 Å². The Hall–Kier alpha value is -2.37. The van der Waals surface area contributed by atoms with E-state index in [0.29, 0.717) is 29.6 Å². The molecule has 0 aliphatic rings. The second-order valence-corrected chi connectivity index (χ2v) is 4.33. The number of methoxy groups -OCH3 is 1. The van der Waals surface area contributed by atoms with Crippen LogP contribution >= 0.6 is 0 Å². The molecule has 0 saturated carbocycles. The number of hydrogen-bond donors (Lipinski definition) is 2. The van der Waals surface area contributed by atoms with Crippen molar-refractivity contribution in [2.45, 2.75) is 20.3 Å². The smallest absolute Gasteiger partial charge is 0.165 e. The monoisotopic (exact) mass is 276 g/mol. The quantitative estimate of drug-likeness (QED) is 0.898. The highest BCUT2D eigenvalue weighted by atomic mass is 19.1. The van der Waals surface area contributed by atoms with E-state index in [1.165, 1.54) is 13.2 Å².